The summed E-state index contributed by atoms with van der Waals surface area (Å²) >= 11 is 5.82. The molecule has 1 aromatic carbocycles. The standard InChI is InChI=1S/C10H10ClNO4/c1-16-8(13)5-12-9-6(10(14)15)3-2-4-7(9)11/h2-4,12H,5H2,1H3,(H,14,15). The predicted molar refractivity (Wildman–Crippen MR) is 58.9 cm³/mol. The van der Waals surface area contributed by atoms with Gasteiger partial charge in [0.25, 0.3) is 0 Å². The summed E-state index contributed by atoms with van der Waals surface area (Å²) in [6.45, 7) is -0.138. The highest BCUT2D eigenvalue weighted by Gasteiger charge is 2.13. The van der Waals surface area contributed by atoms with Crippen LogP contribution in [0.3, 0.4) is 0 Å². The van der Waals surface area contributed by atoms with Gasteiger partial charge in [-0.1, -0.05) is 17.7 Å². The number of aromatic carboxylic acids is 1. The maximum Gasteiger partial charge on any atom is 0.337 e. The summed E-state index contributed by atoms with van der Waals surface area (Å²) in [6.07, 6.45) is 0. The molecule has 0 saturated carbocycles. The number of rotatable bonds is 4. The predicted octanol–water partition coefficient (Wildman–Crippen LogP) is 1.62. The summed E-state index contributed by atoms with van der Waals surface area (Å²) in [5.41, 5.74) is 0.221. The Morgan fingerprint density at radius 3 is 2.75 bits per heavy atom. The van der Waals surface area contributed by atoms with Crippen LogP contribution in [0.2, 0.25) is 5.02 Å². The van der Waals surface area contributed by atoms with E-state index in [1.165, 1.54) is 25.3 Å². The number of para-hydroxylation sites is 1. The van der Waals surface area contributed by atoms with Gasteiger partial charge >= 0.3 is 11.9 Å². The van der Waals surface area contributed by atoms with Gasteiger partial charge in [0.1, 0.15) is 6.54 Å². The van der Waals surface area contributed by atoms with Crippen LogP contribution < -0.4 is 5.32 Å². The fourth-order valence-electron chi connectivity index (χ4n) is 1.11. The molecule has 0 fully saturated rings. The molecule has 0 heterocycles. The Bertz CT molecular complexity index is 419. The van der Waals surface area contributed by atoms with E-state index in [9.17, 15) is 9.59 Å². The van der Waals surface area contributed by atoms with E-state index in [1.807, 2.05) is 0 Å². The van der Waals surface area contributed by atoms with E-state index in [4.69, 9.17) is 16.7 Å². The molecule has 0 bridgehead atoms. The molecule has 0 aliphatic carbocycles. The molecule has 1 rings (SSSR count). The minimum absolute atomic E-state index is 0.0106. The first-order valence-electron chi connectivity index (χ1n) is 4.38. The first kappa shape index (κ1) is 12.3. The van der Waals surface area contributed by atoms with Gasteiger partial charge in [0.05, 0.1) is 23.4 Å². The minimum atomic E-state index is -1.12. The second-order valence-corrected chi connectivity index (χ2v) is 3.30. The summed E-state index contributed by atoms with van der Waals surface area (Å²) in [6, 6.07) is 4.45. The van der Waals surface area contributed by atoms with E-state index in [0.29, 0.717) is 0 Å². The number of hydrogen-bond donors (Lipinski definition) is 2. The van der Waals surface area contributed by atoms with Crippen LogP contribution in [0, 0.1) is 0 Å². The van der Waals surface area contributed by atoms with Crippen molar-refractivity contribution in [1.29, 1.82) is 0 Å². The molecular formula is C10H10ClNO4. The summed E-state index contributed by atoms with van der Waals surface area (Å²) in [4.78, 5) is 21.8. The summed E-state index contributed by atoms with van der Waals surface area (Å²) in [5, 5.41) is 11.8. The van der Waals surface area contributed by atoms with Crippen LogP contribution in [0.15, 0.2) is 18.2 Å². The molecule has 5 nitrogen and oxygen atoms in total. The van der Waals surface area contributed by atoms with Gasteiger partial charge in [-0.15, -0.1) is 0 Å². The Labute approximate surface area is 97.0 Å². The lowest BCUT2D eigenvalue weighted by Crippen LogP contribution is -2.17. The normalized spacial score (nSPS) is 9.62. The molecule has 0 radical (unpaired) electrons. The number of nitrogens with one attached hydrogen (secondary N) is 1. The van der Waals surface area contributed by atoms with Crippen LogP contribution in [0.4, 0.5) is 5.69 Å². The molecule has 6 heteroatoms. The number of hydrogen-bond acceptors (Lipinski definition) is 4. The molecule has 0 spiro atoms. The minimum Gasteiger partial charge on any atom is -0.478 e. The van der Waals surface area contributed by atoms with Gasteiger partial charge in [-0.2, -0.15) is 0 Å². The molecule has 0 aliphatic rings. The zero-order chi connectivity index (χ0) is 12.1. The van der Waals surface area contributed by atoms with Crippen molar-refractivity contribution >= 4 is 29.2 Å². The molecule has 0 unspecified atom stereocenters. The highest BCUT2D eigenvalue weighted by Crippen LogP contribution is 2.25. The fourth-order valence-corrected chi connectivity index (χ4v) is 1.36. The van der Waals surface area contributed by atoms with Crippen LogP contribution in [0.1, 0.15) is 10.4 Å². The van der Waals surface area contributed by atoms with Gasteiger partial charge in [0, 0.05) is 0 Å². The van der Waals surface area contributed by atoms with Gasteiger partial charge in [-0.05, 0) is 12.1 Å². The Kier molecular flexibility index (Phi) is 4.13. The SMILES string of the molecule is COC(=O)CNc1c(Cl)cccc1C(=O)O. The number of halogens is 1. The average Bonchev–Trinajstić information content (AvgIpc) is 2.26. The molecule has 0 saturated heterocycles. The Morgan fingerprint density at radius 2 is 2.19 bits per heavy atom. The number of carboxylic acids is 1. The molecule has 0 aromatic heterocycles. The number of anilines is 1. The summed E-state index contributed by atoms with van der Waals surface area (Å²) in [7, 11) is 1.24. The van der Waals surface area contributed by atoms with Crippen molar-refractivity contribution in [2.45, 2.75) is 0 Å². The highest BCUT2D eigenvalue weighted by molar-refractivity contribution is 6.34. The van der Waals surface area contributed by atoms with E-state index in [2.05, 4.69) is 10.1 Å². The molecule has 2 N–H and O–H groups in total. The van der Waals surface area contributed by atoms with Crippen molar-refractivity contribution in [3.63, 3.8) is 0 Å². The number of carbonyl (C=O) groups excluding carboxylic acids is 1. The zero-order valence-electron chi connectivity index (χ0n) is 8.49. The molecule has 1 aromatic rings. The van der Waals surface area contributed by atoms with Crippen LogP contribution in [-0.4, -0.2) is 30.7 Å². The second kappa shape index (κ2) is 5.37. The van der Waals surface area contributed by atoms with E-state index in [1.54, 1.807) is 0 Å². The number of ether oxygens (including phenoxy) is 1. The summed E-state index contributed by atoms with van der Waals surface area (Å²) < 4.78 is 4.42. The molecule has 0 atom stereocenters. The first-order valence-corrected chi connectivity index (χ1v) is 4.76. The second-order valence-electron chi connectivity index (χ2n) is 2.90. The molecule has 86 valence electrons. The van der Waals surface area contributed by atoms with E-state index < -0.39 is 11.9 Å². The highest BCUT2D eigenvalue weighted by atomic mass is 35.5. The van der Waals surface area contributed by atoms with Gasteiger partial charge in [-0.3, -0.25) is 4.79 Å². The Balaban J connectivity index is 2.93. The third-order valence-corrected chi connectivity index (χ3v) is 2.20. The monoisotopic (exact) mass is 243 g/mol. The third-order valence-electron chi connectivity index (χ3n) is 1.88. The van der Waals surface area contributed by atoms with E-state index in [-0.39, 0.29) is 22.8 Å². The van der Waals surface area contributed by atoms with Gasteiger partial charge < -0.3 is 15.2 Å². The quantitative estimate of drug-likeness (QED) is 0.786. The van der Waals surface area contributed by atoms with Crippen molar-refractivity contribution in [1.82, 2.24) is 0 Å². The largest absolute Gasteiger partial charge is 0.478 e. The average molecular weight is 244 g/mol. The molecule has 16 heavy (non-hydrogen) atoms. The fraction of sp³-hybridized carbons (Fsp3) is 0.200. The van der Waals surface area contributed by atoms with E-state index >= 15 is 0 Å². The van der Waals surface area contributed by atoms with Crippen LogP contribution >= 0.6 is 11.6 Å². The lowest BCUT2D eigenvalue weighted by Gasteiger charge is -2.10. The Hall–Kier alpha value is -1.75. The molecule has 0 aliphatic heterocycles. The van der Waals surface area contributed by atoms with Crippen LogP contribution in [0.25, 0.3) is 0 Å². The number of carboxylic acid groups (broad SMARTS) is 1. The van der Waals surface area contributed by atoms with E-state index in [0.717, 1.165) is 0 Å². The van der Waals surface area contributed by atoms with Crippen molar-refractivity contribution in [3.05, 3.63) is 28.8 Å². The molecule has 0 amide bonds. The number of methoxy groups -OCH3 is 1. The maximum absolute atomic E-state index is 10.9. The maximum atomic E-state index is 10.9. The number of carbonyl (C=O) groups is 2. The Morgan fingerprint density at radius 1 is 1.50 bits per heavy atom. The van der Waals surface area contributed by atoms with Crippen molar-refractivity contribution in [2.24, 2.45) is 0 Å². The topological polar surface area (TPSA) is 75.6 Å². The lowest BCUT2D eigenvalue weighted by atomic mass is 10.2. The van der Waals surface area contributed by atoms with Crippen molar-refractivity contribution < 1.29 is 19.4 Å². The van der Waals surface area contributed by atoms with Gasteiger partial charge in [-0.25, -0.2) is 4.79 Å². The zero-order valence-corrected chi connectivity index (χ0v) is 9.25. The first-order chi connectivity index (χ1) is 7.56. The van der Waals surface area contributed by atoms with Crippen molar-refractivity contribution in [3.8, 4) is 0 Å². The van der Waals surface area contributed by atoms with Crippen molar-refractivity contribution in [2.75, 3.05) is 19.0 Å². The van der Waals surface area contributed by atoms with Gasteiger partial charge in [0.2, 0.25) is 0 Å². The van der Waals surface area contributed by atoms with Crippen LogP contribution in [-0.2, 0) is 9.53 Å². The number of esters is 1. The van der Waals surface area contributed by atoms with Crippen LogP contribution in [0.5, 0.6) is 0 Å². The smallest absolute Gasteiger partial charge is 0.337 e. The summed E-state index contributed by atoms with van der Waals surface area (Å²) in [5.74, 6) is -1.62. The molecular weight excluding hydrogens is 234 g/mol. The number of benzene rings is 1. The van der Waals surface area contributed by atoms with Gasteiger partial charge in [0.15, 0.2) is 0 Å². The lowest BCUT2D eigenvalue weighted by molar-refractivity contribution is -0.138. The third kappa shape index (κ3) is 2.87.